The summed E-state index contributed by atoms with van der Waals surface area (Å²) < 4.78 is 10.6. The van der Waals surface area contributed by atoms with Crippen molar-refractivity contribution in [3.63, 3.8) is 0 Å². The molecule has 0 radical (unpaired) electrons. The van der Waals surface area contributed by atoms with Crippen molar-refractivity contribution >= 4 is 24.0 Å². The quantitative estimate of drug-likeness (QED) is 0.0882. The van der Waals surface area contributed by atoms with Gasteiger partial charge in [0.1, 0.15) is 23.7 Å². The summed E-state index contributed by atoms with van der Waals surface area (Å²) in [6.45, 7) is 8.15. The smallest absolute Gasteiger partial charge is 0.408 e. The van der Waals surface area contributed by atoms with Gasteiger partial charge >= 0.3 is 12.2 Å². The van der Waals surface area contributed by atoms with Gasteiger partial charge in [-0.2, -0.15) is 0 Å². The molecule has 14 heteroatoms. The van der Waals surface area contributed by atoms with E-state index < -0.39 is 24.3 Å². The molecule has 4 aromatic carbocycles. The number of carbonyl (C=O) groups excluding carboxylic acids is 4. The molecule has 4 N–H and O–H groups in total. The summed E-state index contributed by atoms with van der Waals surface area (Å²) in [6, 6.07) is 31.9. The number of nitrogens with zero attached hydrogens (tertiary/aromatic N) is 4. The molecule has 4 amide bonds. The van der Waals surface area contributed by atoms with Gasteiger partial charge in [0.15, 0.2) is 0 Å². The van der Waals surface area contributed by atoms with Crippen LogP contribution >= 0.6 is 0 Å². The van der Waals surface area contributed by atoms with Crippen LogP contribution in [0.1, 0.15) is 111 Å². The van der Waals surface area contributed by atoms with Crippen LogP contribution in [0.2, 0.25) is 0 Å². The van der Waals surface area contributed by atoms with E-state index in [0.29, 0.717) is 35.9 Å². The van der Waals surface area contributed by atoms with Crippen molar-refractivity contribution in [1.82, 2.24) is 40.4 Å². The van der Waals surface area contributed by atoms with Gasteiger partial charge in [0.05, 0.1) is 48.1 Å². The molecule has 0 spiro atoms. The topological polar surface area (TPSA) is 175 Å². The maximum Gasteiger partial charge on any atom is 0.408 e. The molecule has 338 valence electrons. The van der Waals surface area contributed by atoms with Gasteiger partial charge in [-0.05, 0) is 99.9 Å². The van der Waals surface area contributed by atoms with Crippen LogP contribution in [0.3, 0.4) is 0 Å². The van der Waals surface area contributed by atoms with E-state index in [-0.39, 0.29) is 36.1 Å². The van der Waals surface area contributed by atoms with E-state index in [4.69, 9.17) is 19.4 Å². The molecule has 2 aliphatic rings. The predicted octanol–water partition coefficient (Wildman–Crippen LogP) is 8.95. The average molecular weight is 887 g/mol. The van der Waals surface area contributed by atoms with Crippen molar-refractivity contribution in [2.24, 2.45) is 0 Å². The number of hydrogen-bond acceptors (Lipinski definition) is 8. The Morgan fingerprint density at radius 1 is 0.576 bits per heavy atom. The number of ether oxygens (including phenoxy) is 2. The Labute approximate surface area is 384 Å². The lowest BCUT2D eigenvalue weighted by atomic mass is 10.0. The number of benzene rings is 4. The fraction of sp³-hybridized carbons (Fsp3) is 0.308. The third kappa shape index (κ3) is 10.6. The summed E-state index contributed by atoms with van der Waals surface area (Å²) in [5, 5.41) is 5.58. The molecule has 0 aliphatic carbocycles. The molecule has 0 unspecified atom stereocenters. The van der Waals surface area contributed by atoms with Crippen LogP contribution in [0.4, 0.5) is 9.59 Å². The lowest BCUT2D eigenvalue weighted by Crippen LogP contribution is -2.43. The van der Waals surface area contributed by atoms with Crippen LogP contribution < -0.4 is 10.6 Å². The molecule has 66 heavy (non-hydrogen) atoms. The molecular weight excluding hydrogens is 833 g/mol. The summed E-state index contributed by atoms with van der Waals surface area (Å²) in [7, 11) is 0. The van der Waals surface area contributed by atoms with Crippen molar-refractivity contribution in [2.75, 3.05) is 13.1 Å². The molecule has 4 heterocycles. The molecule has 4 atom stereocenters. The van der Waals surface area contributed by atoms with Crippen LogP contribution in [0.25, 0.3) is 22.5 Å². The van der Waals surface area contributed by atoms with E-state index in [2.05, 4.69) is 32.4 Å². The number of likely N-dealkylation sites (tertiary alicyclic amines) is 2. The van der Waals surface area contributed by atoms with E-state index in [0.717, 1.165) is 59.3 Å². The van der Waals surface area contributed by atoms with E-state index in [1.54, 1.807) is 49.9 Å². The Bertz CT molecular complexity index is 2500. The monoisotopic (exact) mass is 886 g/mol. The first-order valence-corrected chi connectivity index (χ1v) is 22.5. The Kier molecular flexibility index (Phi) is 13.9. The normalized spacial score (nSPS) is 16.6. The SMILES string of the molecule is CC(C)OC(=O)N[C@@H](C(=O)N1CCC[C@H]1c1ncc(-c2ccc(C#Cc3ccc(-c4cnc([C@@H]5CCCN5C(=O)[C@H](NC(=O)OC(C)C)c5ccccc5)[nH]4)cc3)cc2)[nH]1)c1ccccc1. The molecule has 2 aliphatic heterocycles. The molecule has 6 aromatic rings. The average Bonchev–Trinajstić information content (AvgIpc) is 4.17. The minimum Gasteiger partial charge on any atom is -0.447 e. The number of carbonyl (C=O) groups is 4. The Morgan fingerprint density at radius 2 is 0.955 bits per heavy atom. The number of hydrogen-bond donors (Lipinski definition) is 4. The van der Waals surface area contributed by atoms with Gasteiger partial charge in [0.2, 0.25) is 0 Å². The standard InChI is InChI=1S/C52H54N8O6/c1-33(2)65-51(63)57-45(39-13-7-5-8-14-39)49(61)59-29-11-17-43(59)47-53-31-41(55-47)37-25-21-35(22-26-37)19-20-36-23-27-38(28-24-36)42-32-54-48(56-42)44-18-12-30-60(44)50(62)46(40-15-9-6-10-16-40)58-52(64)66-34(3)4/h5-10,13-16,21-28,31-34,43-46H,11-12,17-18,29-30H2,1-4H3,(H,53,55)(H,54,56)(H,57,63)(H,58,64)/t43-,44-,45+,46+/m0/s1. The number of aromatic amines is 2. The van der Waals surface area contributed by atoms with Crippen molar-refractivity contribution < 1.29 is 28.7 Å². The molecule has 2 saturated heterocycles. The molecule has 2 aromatic heterocycles. The zero-order chi connectivity index (χ0) is 46.2. The first kappa shape index (κ1) is 44.9. The number of imidazole rings is 2. The largest absolute Gasteiger partial charge is 0.447 e. The number of rotatable bonds is 12. The summed E-state index contributed by atoms with van der Waals surface area (Å²) in [5.74, 6) is 7.47. The minimum atomic E-state index is -0.897. The Hall–Kier alpha value is -7.66. The van der Waals surface area contributed by atoms with Crippen LogP contribution in [-0.2, 0) is 19.1 Å². The lowest BCUT2D eigenvalue weighted by molar-refractivity contribution is -0.135. The first-order chi connectivity index (χ1) is 32.0. The first-order valence-electron chi connectivity index (χ1n) is 22.5. The molecule has 14 nitrogen and oxygen atoms in total. The van der Waals surface area contributed by atoms with Gasteiger partial charge in [0, 0.05) is 24.2 Å². The third-order valence-electron chi connectivity index (χ3n) is 11.6. The summed E-state index contributed by atoms with van der Waals surface area (Å²) in [4.78, 5) is 73.3. The maximum absolute atomic E-state index is 14.1. The number of aromatic nitrogens is 4. The van der Waals surface area contributed by atoms with E-state index >= 15 is 0 Å². The molecule has 0 bridgehead atoms. The highest BCUT2D eigenvalue weighted by Crippen LogP contribution is 2.36. The van der Waals surface area contributed by atoms with Crippen molar-refractivity contribution in [3.05, 3.63) is 155 Å². The zero-order valence-electron chi connectivity index (χ0n) is 37.5. The van der Waals surface area contributed by atoms with Crippen molar-refractivity contribution in [1.29, 1.82) is 0 Å². The Balaban J connectivity index is 0.897. The van der Waals surface area contributed by atoms with Gasteiger partial charge in [-0.1, -0.05) is 96.8 Å². The number of alkyl carbamates (subject to hydrolysis) is 2. The highest BCUT2D eigenvalue weighted by molar-refractivity contribution is 5.88. The number of H-pyrrole nitrogens is 2. The summed E-state index contributed by atoms with van der Waals surface area (Å²) in [6.07, 6.45) is 4.73. The summed E-state index contributed by atoms with van der Waals surface area (Å²) in [5.41, 5.74) is 6.57. The van der Waals surface area contributed by atoms with Gasteiger partial charge in [-0.15, -0.1) is 0 Å². The van der Waals surface area contributed by atoms with Gasteiger partial charge in [-0.3, -0.25) is 9.59 Å². The van der Waals surface area contributed by atoms with Gasteiger partial charge < -0.3 is 39.9 Å². The second-order valence-electron chi connectivity index (χ2n) is 17.0. The fourth-order valence-corrected chi connectivity index (χ4v) is 8.48. The van der Waals surface area contributed by atoms with E-state index in [1.165, 1.54) is 0 Å². The van der Waals surface area contributed by atoms with E-state index in [9.17, 15) is 19.2 Å². The molecular formula is C52H54N8O6. The van der Waals surface area contributed by atoms with Crippen molar-refractivity contribution in [2.45, 2.75) is 89.8 Å². The minimum absolute atomic E-state index is 0.216. The van der Waals surface area contributed by atoms with Gasteiger partial charge in [-0.25, -0.2) is 19.6 Å². The Morgan fingerprint density at radius 3 is 1.32 bits per heavy atom. The van der Waals surface area contributed by atoms with Crippen LogP contribution in [0.5, 0.6) is 0 Å². The highest BCUT2D eigenvalue weighted by atomic mass is 16.6. The highest BCUT2D eigenvalue weighted by Gasteiger charge is 2.39. The number of nitrogens with one attached hydrogen (secondary N) is 4. The second kappa shape index (κ2) is 20.5. The van der Waals surface area contributed by atoms with Gasteiger partial charge in [0.25, 0.3) is 11.8 Å². The van der Waals surface area contributed by atoms with E-state index in [1.807, 2.05) is 109 Å². The zero-order valence-corrected chi connectivity index (χ0v) is 37.5. The maximum atomic E-state index is 14.1. The predicted molar refractivity (Wildman–Crippen MR) is 249 cm³/mol. The summed E-state index contributed by atoms with van der Waals surface area (Å²) >= 11 is 0. The van der Waals surface area contributed by atoms with Crippen molar-refractivity contribution in [3.8, 4) is 34.4 Å². The van der Waals surface area contributed by atoms with Crippen LogP contribution in [0, 0.1) is 11.8 Å². The molecule has 2 fully saturated rings. The van der Waals surface area contributed by atoms with Crippen LogP contribution in [0.15, 0.2) is 122 Å². The number of amides is 4. The molecule has 8 rings (SSSR count). The van der Waals surface area contributed by atoms with Crippen LogP contribution in [-0.4, -0.2) is 79.0 Å². The molecule has 0 saturated carbocycles. The second-order valence-corrected chi connectivity index (χ2v) is 17.0. The third-order valence-corrected chi connectivity index (χ3v) is 11.6. The fourth-order valence-electron chi connectivity index (χ4n) is 8.48. The lowest BCUT2D eigenvalue weighted by Gasteiger charge is -2.28.